The molecule has 0 saturated carbocycles. The number of hydrogen-bond acceptors (Lipinski definition) is 3. The molecule has 5 nitrogen and oxygen atoms in total. The summed E-state index contributed by atoms with van der Waals surface area (Å²) in [5.74, 6) is -0.683. The fraction of sp³-hybridized carbons (Fsp3) is 0.133. The van der Waals surface area contributed by atoms with E-state index in [1.54, 1.807) is 30.3 Å². The van der Waals surface area contributed by atoms with Crippen molar-refractivity contribution in [2.75, 3.05) is 11.9 Å². The maximum absolute atomic E-state index is 12.7. The second-order valence-corrected chi connectivity index (χ2v) is 7.02. The molecule has 1 amide bonds. The van der Waals surface area contributed by atoms with Gasteiger partial charge >= 0.3 is 6.18 Å². The van der Waals surface area contributed by atoms with Gasteiger partial charge in [0.2, 0.25) is 15.9 Å². The highest BCUT2D eigenvalue weighted by Crippen LogP contribution is 2.33. The third kappa shape index (κ3) is 5.18. The van der Waals surface area contributed by atoms with Crippen molar-refractivity contribution in [1.29, 1.82) is 0 Å². The van der Waals surface area contributed by atoms with Crippen molar-refractivity contribution in [3.63, 3.8) is 0 Å². The van der Waals surface area contributed by atoms with Gasteiger partial charge in [-0.15, -0.1) is 0 Å². The molecule has 0 saturated heterocycles. The van der Waals surface area contributed by atoms with E-state index >= 15 is 0 Å². The zero-order valence-electron chi connectivity index (χ0n) is 12.5. The number of carbonyl (C=O) groups is 1. The van der Waals surface area contributed by atoms with Crippen molar-refractivity contribution in [3.05, 3.63) is 59.1 Å². The second-order valence-electron chi connectivity index (χ2n) is 4.88. The predicted octanol–water partition coefficient (Wildman–Crippen LogP) is 3.28. The zero-order valence-corrected chi connectivity index (χ0v) is 14.0. The Labute approximate surface area is 146 Å². The number of rotatable bonds is 5. The van der Waals surface area contributed by atoms with Crippen molar-refractivity contribution < 1.29 is 26.4 Å². The van der Waals surface area contributed by atoms with Gasteiger partial charge in [0.1, 0.15) is 4.90 Å². The summed E-state index contributed by atoms with van der Waals surface area (Å²) in [4.78, 5) is 11.0. The molecular weight excluding hydrogens is 381 g/mol. The second kappa shape index (κ2) is 7.42. The highest BCUT2D eigenvalue weighted by atomic mass is 35.5. The van der Waals surface area contributed by atoms with Crippen LogP contribution in [0.25, 0.3) is 0 Å². The molecular formula is C15H12ClF3N2O3S. The van der Waals surface area contributed by atoms with Crippen LogP contribution < -0.4 is 10.0 Å². The molecule has 0 aromatic heterocycles. The SMILES string of the molecule is O=C(CNS(=O)(=O)c1cc(C(F)(F)F)ccc1Cl)Nc1ccccc1. The van der Waals surface area contributed by atoms with Crippen molar-refractivity contribution in [2.24, 2.45) is 0 Å². The number of para-hydroxylation sites is 1. The van der Waals surface area contributed by atoms with Crippen molar-refractivity contribution in [2.45, 2.75) is 11.1 Å². The van der Waals surface area contributed by atoms with Crippen LogP contribution in [0.2, 0.25) is 5.02 Å². The minimum Gasteiger partial charge on any atom is -0.325 e. The van der Waals surface area contributed by atoms with Crippen LogP contribution in [-0.2, 0) is 21.0 Å². The summed E-state index contributed by atoms with van der Waals surface area (Å²) in [6.45, 7) is -0.663. The lowest BCUT2D eigenvalue weighted by Gasteiger charge is -2.12. The topological polar surface area (TPSA) is 75.3 Å². The summed E-state index contributed by atoms with van der Waals surface area (Å²) in [6.07, 6.45) is -4.72. The molecule has 10 heteroatoms. The van der Waals surface area contributed by atoms with Crippen LogP contribution in [0.15, 0.2) is 53.4 Å². The van der Waals surface area contributed by atoms with Crippen LogP contribution in [0.1, 0.15) is 5.56 Å². The Morgan fingerprint density at radius 3 is 2.32 bits per heavy atom. The van der Waals surface area contributed by atoms with Crippen LogP contribution in [0, 0.1) is 0 Å². The Kier molecular flexibility index (Phi) is 5.71. The summed E-state index contributed by atoms with van der Waals surface area (Å²) in [5, 5.41) is 2.05. The molecule has 0 aliphatic heterocycles. The van der Waals surface area contributed by atoms with E-state index in [1.165, 1.54) is 0 Å². The summed E-state index contributed by atoms with van der Waals surface area (Å²) >= 11 is 5.69. The van der Waals surface area contributed by atoms with E-state index in [0.717, 1.165) is 6.07 Å². The van der Waals surface area contributed by atoms with E-state index in [9.17, 15) is 26.4 Å². The highest BCUT2D eigenvalue weighted by molar-refractivity contribution is 7.89. The van der Waals surface area contributed by atoms with Gasteiger partial charge in [-0.3, -0.25) is 4.79 Å². The minimum absolute atomic E-state index is 0.385. The Balaban J connectivity index is 2.13. The molecule has 2 aromatic rings. The van der Waals surface area contributed by atoms with Crippen LogP contribution in [0.5, 0.6) is 0 Å². The molecule has 0 radical (unpaired) electrons. The summed E-state index contributed by atoms with van der Waals surface area (Å²) < 4.78 is 64.4. The molecule has 2 aromatic carbocycles. The minimum atomic E-state index is -4.72. The van der Waals surface area contributed by atoms with E-state index < -0.39 is 39.1 Å². The molecule has 0 unspecified atom stereocenters. The van der Waals surface area contributed by atoms with Crippen LogP contribution in [0.4, 0.5) is 18.9 Å². The molecule has 0 bridgehead atoms. The van der Waals surface area contributed by atoms with Gasteiger partial charge in [0.05, 0.1) is 17.1 Å². The number of sulfonamides is 1. The van der Waals surface area contributed by atoms with Gasteiger partial charge in [-0.2, -0.15) is 13.2 Å². The first kappa shape index (κ1) is 19.2. The average molecular weight is 393 g/mol. The number of nitrogens with one attached hydrogen (secondary N) is 2. The first-order valence-corrected chi connectivity index (χ1v) is 8.67. The first-order valence-electron chi connectivity index (χ1n) is 6.81. The normalized spacial score (nSPS) is 12.0. The Hall–Kier alpha value is -2.10. The van der Waals surface area contributed by atoms with Gasteiger partial charge < -0.3 is 5.32 Å². The van der Waals surface area contributed by atoms with Gasteiger partial charge in [0.25, 0.3) is 0 Å². The van der Waals surface area contributed by atoms with Crippen molar-refractivity contribution in [3.8, 4) is 0 Å². The highest BCUT2D eigenvalue weighted by Gasteiger charge is 2.32. The number of carbonyl (C=O) groups excluding carboxylic acids is 1. The molecule has 25 heavy (non-hydrogen) atoms. The molecule has 2 rings (SSSR count). The van der Waals surface area contributed by atoms with E-state index in [4.69, 9.17) is 11.6 Å². The maximum Gasteiger partial charge on any atom is 0.416 e. The Morgan fingerprint density at radius 2 is 1.72 bits per heavy atom. The maximum atomic E-state index is 12.7. The first-order chi connectivity index (χ1) is 11.6. The lowest BCUT2D eigenvalue weighted by molar-refractivity contribution is -0.137. The summed E-state index contributed by atoms with van der Waals surface area (Å²) in [5.41, 5.74) is -0.713. The zero-order chi connectivity index (χ0) is 18.7. The molecule has 0 heterocycles. The van der Waals surface area contributed by atoms with Crippen LogP contribution >= 0.6 is 11.6 Å². The third-order valence-electron chi connectivity index (χ3n) is 3.03. The van der Waals surface area contributed by atoms with E-state index in [2.05, 4.69) is 5.32 Å². The van der Waals surface area contributed by atoms with Gasteiger partial charge in [0, 0.05) is 5.69 Å². The number of halogens is 4. The Bertz CT molecular complexity index is 871. The quantitative estimate of drug-likeness (QED) is 0.820. The molecule has 0 atom stereocenters. The number of anilines is 1. The molecule has 0 aliphatic carbocycles. The largest absolute Gasteiger partial charge is 0.416 e. The van der Waals surface area contributed by atoms with Crippen LogP contribution in [0.3, 0.4) is 0 Å². The number of hydrogen-bond donors (Lipinski definition) is 2. The summed E-state index contributed by atoms with van der Waals surface area (Å²) in [7, 11) is -4.40. The fourth-order valence-electron chi connectivity index (χ4n) is 1.85. The fourth-order valence-corrected chi connectivity index (χ4v) is 3.36. The smallest absolute Gasteiger partial charge is 0.325 e. The number of alkyl halides is 3. The monoisotopic (exact) mass is 392 g/mol. The van der Waals surface area contributed by atoms with Crippen molar-refractivity contribution in [1.82, 2.24) is 4.72 Å². The van der Waals surface area contributed by atoms with E-state index in [0.29, 0.717) is 17.8 Å². The molecule has 2 N–H and O–H groups in total. The van der Waals surface area contributed by atoms with Gasteiger partial charge in [-0.25, -0.2) is 13.1 Å². The van der Waals surface area contributed by atoms with E-state index in [-0.39, 0.29) is 5.02 Å². The molecule has 0 fully saturated rings. The number of amides is 1. The molecule has 0 spiro atoms. The lowest BCUT2D eigenvalue weighted by Crippen LogP contribution is -2.33. The van der Waals surface area contributed by atoms with Gasteiger partial charge in [0.15, 0.2) is 0 Å². The van der Waals surface area contributed by atoms with Gasteiger partial charge in [-0.1, -0.05) is 29.8 Å². The number of benzene rings is 2. The standard InChI is InChI=1S/C15H12ClF3N2O3S/c16-12-7-6-10(15(17,18)19)8-13(12)25(23,24)20-9-14(22)21-11-4-2-1-3-5-11/h1-8,20H,9H2,(H,21,22). The molecule has 134 valence electrons. The Morgan fingerprint density at radius 1 is 1.08 bits per heavy atom. The third-order valence-corrected chi connectivity index (χ3v) is 4.91. The van der Waals surface area contributed by atoms with Gasteiger partial charge in [-0.05, 0) is 30.3 Å². The molecule has 0 aliphatic rings. The average Bonchev–Trinajstić information content (AvgIpc) is 2.53. The lowest BCUT2D eigenvalue weighted by atomic mass is 10.2. The predicted molar refractivity (Wildman–Crippen MR) is 86.7 cm³/mol. The van der Waals surface area contributed by atoms with E-state index in [1.807, 2.05) is 4.72 Å². The van der Waals surface area contributed by atoms with Crippen molar-refractivity contribution >= 4 is 33.2 Å². The summed E-state index contributed by atoms with van der Waals surface area (Å²) in [6, 6.07) is 10.2. The van der Waals surface area contributed by atoms with Crippen LogP contribution in [-0.4, -0.2) is 20.9 Å².